The first-order chi connectivity index (χ1) is 7.52. The zero-order valence-corrected chi connectivity index (χ0v) is 8.64. The summed E-state index contributed by atoms with van der Waals surface area (Å²) in [6.45, 7) is 1.76. The molecule has 1 heterocycles. The van der Waals surface area contributed by atoms with Crippen molar-refractivity contribution in [3.8, 4) is 0 Å². The van der Waals surface area contributed by atoms with Gasteiger partial charge in [0.1, 0.15) is 0 Å². The van der Waals surface area contributed by atoms with Gasteiger partial charge in [-0.05, 0) is 30.5 Å². The maximum absolute atomic E-state index is 12.6. The standard InChI is InChI=1S/C12H12F3N/c13-12(14,15)9-3-1-2-8(4-9)11-5-10(11)6-16-7-11/h1-4,10,16H,5-7H2/t10-,11?/m1/s1. The van der Waals surface area contributed by atoms with Crippen LogP contribution in [0.2, 0.25) is 0 Å². The maximum Gasteiger partial charge on any atom is 0.416 e. The normalized spacial score (nSPS) is 32.6. The summed E-state index contributed by atoms with van der Waals surface area (Å²) in [7, 11) is 0. The lowest BCUT2D eigenvalue weighted by molar-refractivity contribution is -0.137. The van der Waals surface area contributed by atoms with Crippen molar-refractivity contribution >= 4 is 0 Å². The lowest BCUT2D eigenvalue weighted by Crippen LogP contribution is -2.19. The van der Waals surface area contributed by atoms with Gasteiger partial charge in [-0.1, -0.05) is 18.2 Å². The summed E-state index contributed by atoms with van der Waals surface area (Å²) < 4.78 is 37.7. The van der Waals surface area contributed by atoms with Gasteiger partial charge in [0.05, 0.1) is 5.56 Å². The molecule has 16 heavy (non-hydrogen) atoms. The summed E-state index contributed by atoms with van der Waals surface area (Å²) in [6.07, 6.45) is -3.20. The van der Waals surface area contributed by atoms with Gasteiger partial charge in [0.25, 0.3) is 0 Å². The van der Waals surface area contributed by atoms with Crippen LogP contribution in [-0.2, 0) is 11.6 Å². The first kappa shape index (κ1) is 10.1. The molecule has 0 radical (unpaired) electrons. The Bertz CT molecular complexity index is 427. The predicted molar refractivity (Wildman–Crippen MR) is 54.1 cm³/mol. The second-order valence-corrected chi connectivity index (χ2v) is 4.77. The Labute approximate surface area is 91.7 Å². The largest absolute Gasteiger partial charge is 0.416 e. The van der Waals surface area contributed by atoms with Crippen LogP contribution in [0.15, 0.2) is 24.3 Å². The number of benzene rings is 1. The second-order valence-electron chi connectivity index (χ2n) is 4.77. The van der Waals surface area contributed by atoms with Crippen molar-refractivity contribution in [3.05, 3.63) is 35.4 Å². The van der Waals surface area contributed by atoms with Crippen LogP contribution in [0.3, 0.4) is 0 Å². The molecule has 2 atom stereocenters. The van der Waals surface area contributed by atoms with Crippen LogP contribution in [0.4, 0.5) is 13.2 Å². The fourth-order valence-corrected chi connectivity index (χ4v) is 2.80. The van der Waals surface area contributed by atoms with Crippen molar-refractivity contribution in [2.75, 3.05) is 13.1 Å². The molecule has 1 nitrogen and oxygen atoms in total. The third-order valence-corrected chi connectivity index (χ3v) is 3.83. The summed E-state index contributed by atoms with van der Waals surface area (Å²) >= 11 is 0. The number of piperidine rings is 1. The van der Waals surface area contributed by atoms with Crippen LogP contribution in [0.1, 0.15) is 17.5 Å². The molecule has 0 amide bonds. The zero-order chi connectivity index (χ0) is 11.4. The van der Waals surface area contributed by atoms with Gasteiger partial charge in [0.2, 0.25) is 0 Å². The van der Waals surface area contributed by atoms with Gasteiger partial charge in [0, 0.05) is 12.0 Å². The lowest BCUT2D eigenvalue weighted by Gasteiger charge is -2.14. The van der Waals surface area contributed by atoms with Crippen LogP contribution < -0.4 is 5.32 Å². The molecule has 86 valence electrons. The highest BCUT2D eigenvalue weighted by Gasteiger charge is 2.58. The minimum absolute atomic E-state index is 0.00125. The fraction of sp³-hybridized carbons (Fsp3) is 0.500. The van der Waals surface area contributed by atoms with E-state index >= 15 is 0 Å². The fourth-order valence-electron chi connectivity index (χ4n) is 2.80. The Morgan fingerprint density at radius 1 is 1.31 bits per heavy atom. The van der Waals surface area contributed by atoms with E-state index in [1.807, 2.05) is 6.07 Å². The molecule has 2 fully saturated rings. The number of alkyl halides is 3. The van der Waals surface area contributed by atoms with Gasteiger partial charge in [-0.25, -0.2) is 0 Å². The molecule has 1 saturated carbocycles. The quantitative estimate of drug-likeness (QED) is 0.777. The van der Waals surface area contributed by atoms with Crippen molar-refractivity contribution in [2.24, 2.45) is 5.92 Å². The topological polar surface area (TPSA) is 12.0 Å². The Balaban J connectivity index is 1.98. The Morgan fingerprint density at radius 3 is 2.69 bits per heavy atom. The van der Waals surface area contributed by atoms with E-state index in [0.29, 0.717) is 5.92 Å². The van der Waals surface area contributed by atoms with Gasteiger partial charge in [0.15, 0.2) is 0 Å². The van der Waals surface area contributed by atoms with E-state index in [2.05, 4.69) is 5.32 Å². The summed E-state index contributed by atoms with van der Waals surface area (Å²) in [5, 5.41) is 3.24. The zero-order valence-electron chi connectivity index (χ0n) is 8.64. The Kier molecular flexibility index (Phi) is 1.90. The molecule has 1 saturated heterocycles. The average molecular weight is 227 g/mol. The second kappa shape index (κ2) is 3.00. The third kappa shape index (κ3) is 1.36. The highest BCUT2D eigenvalue weighted by atomic mass is 19.4. The van der Waals surface area contributed by atoms with Gasteiger partial charge in [-0.3, -0.25) is 0 Å². The van der Waals surface area contributed by atoms with Gasteiger partial charge in [-0.15, -0.1) is 0 Å². The van der Waals surface area contributed by atoms with Gasteiger partial charge < -0.3 is 5.32 Å². The Morgan fingerprint density at radius 2 is 2.12 bits per heavy atom. The number of hydrogen-bond acceptors (Lipinski definition) is 1. The maximum atomic E-state index is 12.6. The summed E-state index contributed by atoms with van der Waals surface area (Å²) in [4.78, 5) is 0. The highest BCUT2D eigenvalue weighted by Crippen LogP contribution is 2.56. The van der Waals surface area contributed by atoms with Crippen molar-refractivity contribution in [2.45, 2.75) is 18.0 Å². The number of hydrogen-bond donors (Lipinski definition) is 1. The minimum atomic E-state index is -4.23. The molecule has 1 aromatic rings. The first-order valence-corrected chi connectivity index (χ1v) is 5.41. The highest BCUT2D eigenvalue weighted by molar-refractivity contribution is 5.39. The van der Waals surface area contributed by atoms with Crippen LogP contribution in [-0.4, -0.2) is 13.1 Å². The minimum Gasteiger partial charge on any atom is -0.316 e. The van der Waals surface area contributed by atoms with Crippen molar-refractivity contribution in [1.29, 1.82) is 0 Å². The molecule has 0 bridgehead atoms. The summed E-state index contributed by atoms with van der Waals surface area (Å²) in [5.74, 6) is 0.538. The average Bonchev–Trinajstić information content (AvgIpc) is 2.81. The molecular formula is C12H12F3N. The number of halogens is 3. The van der Waals surface area contributed by atoms with E-state index < -0.39 is 11.7 Å². The van der Waals surface area contributed by atoms with E-state index in [4.69, 9.17) is 0 Å². The smallest absolute Gasteiger partial charge is 0.316 e. The van der Waals surface area contributed by atoms with Gasteiger partial charge >= 0.3 is 6.18 Å². The molecule has 1 aromatic carbocycles. The predicted octanol–water partition coefficient (Wildman–Crippen LogP) is 2.57. The molecular weight excluding hydrogens is 215 g/mol. The van der Waals surface area contributed by atoms with E-state index in [9.17, 15) is 13.2 Å². The van der Waals surface area contributed by atoms with E-state index in [0.717, 1.165) is 31.1 Å². The molecule has 0 aromatic heterocycles. The molecule has 4 heteroatoms. The van der Waals surface area contributed by atoms with Crippen molar-refractivity contribution in [1.82, 2.24) is 5.32 Å². The SMILES string of the molecule is FC(F)(F)c1cccc(C23CNC[C@H]2C3)c1. The van der Waals surface area contributed by atoms with E-state index in [1.165, 1.54) is 12.1 Å². The first-order valence-electron chi connectivity index (χ1n) is 5.41. The molecule has 1 unspecified atom stereocenters. The molecule has 3 rings (SSSR count). The number of fused-ring (bicyclic) bond motifs is 1. The van der Waals surface area contributed by atoms with E-state index in [1.54, 1.807) is 0 Å². The lowest BCUT2D eigenvalue weighted by atomic mass is 9.93. The molecule has 0 spiro atoms. The molecule has 1 N–H and O–H groups in total. The van der Waals surface area contributed by atoms with E-state index in [-0.39, 0.29) is 5.41 Å². The monoisotopic (exact) mass is 227 g/mol. The summed E-state index contributed by atoms with van der Waals surface area (Å²) in [6, 6.07) is 5.79. The molecule has 1 aliphatic heterocycles. The van der Waals surface area contributed by atoms with Crippen molar-refractivity contribution < 1.29 is 13.2 Å². The Hall–Kier alpha value is -1.03. The van der Waals surface area contributed by atoms with Crippen LogP contribution >= 0.6 is 0 Å². The summed E-state index contributed by atoms with van der Waals surface area (Å²) in [5.41, 5.74) is 0.315. The number of nitrogens with one attached hydrogen (secondary N) is 1. The van der Waals surface area contributed by atoms with Crippen LogP contribution in [0.5, 0.6) is 0 Å². The third-order valence-electron chi connectivity index (χ3n) is 3.83. The molecule has 2 aliphatic rings. The van der Waals surface area contributed by atoms with Crippen molar-refractivity contribution in [3.63, 3.8) is 0 Å². The van der Waals surface area contributed by atoms with Crippen LogP contribution in [0, 0.1) is 5.92 Å². The van der Waals surface area contributed by atoms with Crippen LogP contribution in [0.25, 0.3) is 0 Å². The number of rotatable bonds is 1. The molecule has 1 aliphatic carbocycles. The van der Waals surface area contributed by atoms with Gasteiger partial charge in [-0.2, -0.15) is 13.2 Å².